The highest BCUT2D eigenvalue weighted by Crippen LogP contribution is 2.48. The summed E-state index contributed by atoms with van der Waals surface area (Å²) in [5.41, 5.74) is 13.6. The zero-order valence-electron chi connectivity index (χ0n) is 73.9. The highest BCUT2D eigenvalue weighted by molar-refractivity contribution is 5.89. The lowest BCUT2D eigenvalue weighted by Gasteiger charge is -2.26. The molecule has 18 heteroatoms. The standard InChI is InChI=1S/C22H26N2O2.C22H25NO3.2C22H23NO2.C14H19N.C8H7NO2/c1-26-21-9-5-8-20(13-21)23-22(25)24-14-18-11-17(12-19(18)15-24)10-16-6-3-2-4-7-16;24-21(26-16-18-9-5-2-6-10-18)23-14-19-12-22(25,13-20(19)15-23)11-17-7-3-1-4-8-17;2*24-22(25-16-18-9-5-2-6-10-18)23-14-20-12-19(13-21(20)15-23)11-17-7-3-1-4-8-17;1-2-4-11(5-3-1)6-12-7-13-9-15-10-14(13)8-12;1-11-8-4-2-3-7(5-8)9-6-10/h2-9,13,17-19H,10-12,14-15H2,1H3,(H,23,25);1-10,19-20,25H,11-16H2;1-10,12,20-21H,11,13-16H2;1-11,20-21H,12-16H2;1-5,12-15H,6-10H2;2-5H,1H3/t17?,18-,19+;19-,20+,22?;2*20-,21+;12?,13-,14+;/m..0.../s1. The average molecular weight is 1720 g/mol. The van der Waals surface area contributed by atoms with Crippen LogP contribution in [0.4, 0.5) is 30.6 Å². The number of amides is 5. The van der Waals surface area contributed by atoms with Gasteiger partial charge in [0.15, 0.2) is 0 Å². The highest BCUT2D eigenvalue weighted by atomic mass is 16.6. The summed E-state index contributed by atoms with van der Waals surface area (Å²) >= 11 is 0. The van der Waals surface area contributed by atoms with Crippen molar-refractivity contribution in [2.24, 2.45) is 76.0 Å². The van der Waals surface area contributed by atoms with E-state index in [9.17, 15) is 29.1 Å². The van der Waals surface area contributed by atoms with Crippen LogP contribution in [0.2, 0.25) is 0 Å². The molecular formula is C110H123N7O11. The van der Waals surface area contributed by atoms with E-state index in [0.717, 1.165) is 130 Å². The Hall–Kier alpha value is -12.3. The van der Waals surface area contributed by atoms with Crippen LogP contribution < -0.4 is 20.1 Å². The number of hydrogen-bond acceptors (Lipinski definition) is 13. The number of aliphatic imine (C=N–C) groups is 1. The molecule has 5 saturated heterocycles. The molecule has 4 saturated carbocycles. The van der Waals surface area contributed by atoms with Crippen molar-refractivity contribution in [1.29, 1.82) is 0 Å². The van der Waals surface area contributed by atoms with Crippen molar-refractivity contribution in [2.45, 2.75) is 109 Å². The van der Waals surface area contributed by atoms with Crippen LogP contribution in [0.5, 0.6) is 11.5 Å². The molecule has 9 fully saturated rings. The minimum atomic E-state index is -0.642. The van der Waals surface area contributed by atoms with Gasteiger partial charge < -0.3 is 59.0 Å². The zero-order valence-corrected chi connectivity index (χ0v) is 73.9. The minimum absolute atomic E-state index is 0.00672. The number of methoxy groups -OCH3 is 2. The number of benzene rings is 10. The van der Waals surface area contributed by atoms with Gasteiger partial charge in [0.25, 0.3) is 0 Å². The summed E-state index contributed by atoms with van der Waals surface area (Å²) in [4.78, 5) is 70.4. The van der Waals surface area contributed by atoms with Crippen LogP contribution in [0, 0.1) is 71.0 Å². The summed E-state index contributed by atoms with van der Waals surface area (Å²) in [5, 5.41) is 17.5. The molecule has 3 unspecified atom stereocenters. The molecule has 20 rings (SSSR count). The van der Waals surface area contributed by atoms with Crippen LogP contribution >= 0.6 is 0 Å². The third kappa shape index (κ3) is 26.2. The van der Waals surface area contributed by atoms with Crippen LogP contribution in [-0.2, 0) is 64.5 Å². The Kier molecular flexibility index (Phi) is 32.1. The lowest BCUT2D eigenvalue weighted by atomic mass is 9.91. The molecule has 10 aromatic rings. The quantitative estimate of drug-likeness (QED) is 0.0300. The molecule has 18 nitrogen and oxygen atoms in total. The third-order valence-corrected chi connectivity index (χ3v) is 27.3. The van der Waals surface area contributed by atoms with Gasteiger partial charge in [-0.15, -0.1) is 0 Å². The van der Waals surface area contributed by atoms with Gasteiger partial charge in [-0.1, -0.05) is 278 Å². The number of nitrogens with one attached hydrogen (secondary N) is 2. The summed E-state index contributed by atoms with van der Waals surface area (Å²) in [6, 6.07) is 96.8. The molecule has 128 heavy (non-hydrogen) atoms. The van der Waals surface area contributed by atoms with Crippen molar-refractivity contribution in [2.75, 3.05) is 85.0 Å². The lowest BCUT2D eigenvalue weighted by Crippen LogP contribution is -2.34. The predicted molar refractivity (Wildman–Crippen MR) is 503 cm³/mol. The molecular weight excluding hydrogens is 1600 g/mol. The van der Waals surface area contributed by atoms with Crippen molar-refractivity contribution >= 4 is 47.8 Å². The maximum atomic E-state index is 12.6. The first-order valence-corrected chi connectivity index (χ1v) is 46.0. The van der Waals surface area contributed by atoms with Gasteiger partial charge in [-0.05, 0) is 230 Å². The number of nitrogens with zero attached hydrogens (tertiary/aromatic N) is 5. The van der Waals surface area contributed by atoms with Gasteiger partial charge >= 0.3 is 24.3 Å². The number of carbonyl (C=O) groups excluding carboxylic acids is 5. The smallest absolute Gasteiger partial charge is 0.410 e. The number of carbonyl (C=O) groups is 4. The molecule has 0 radical (unpaired) electrons. The second kappa shape index (κ2) is 45.4. The first-order valence-electron chi connectivity index (χ1n) is 46.0. The number of likely N-dealkylation sites (tertiary alicyclic amines) is 4. The number of fused-ring (bicyclic) bond motifs is 5. The molecule has 0 aromatic heterocycles. The van der Waals surface area contributed by atoms with E-state index in [4.69, 9.17) is 23.7 Å². The first-order chi connectivity index (χ1) is 62.7. The monoisotopic (exact) mass is 1720 g/mol. The Morgan fingerprint density at radius 3 is 1.29 bits per heavy atom. The number of allylic oxidation sites excluding steroid dienone is 2. The number of rotatable bonds is 19. The Balaban J connectivity index is 0.000000120. The van der Waals surface area contributed by atoms with E-state index in [-0.39, 0.29) is 24.3 Å². The minimum Gasteiger partial charge on any atom is -0.497 e. The fourth-order valence-corrected chi connectivity index (χ4v) is 21.3. The van der Waals surface area contributed by atoms with Crippen molar-refractivity contribution < 1.29 is 52.8 Å². The molecule has 5 amide bonds. The van der Waals surface area contributed by atoms with Crippen molar-refractivity contribution in [3.05, 3.63) is 353 Å². The SMILES string of the molecule is COc1cccc(N=C=O)c1.COc1cccc(NC(=O)N2C[C@H]3CC(Cc4ccccc4)C[C@H]3C2)c1.O=C(OCc1ccccc1)N1C[C@@H]2CC(O)(Cc3ccccc3)C[C@@H]2C1.O=C(OCc1ccccc1)N1C[C@H]2CC(=Cc3ccccc3)C[C@H]2C1.O=C(OCc1ccccc1)N1C[C@H]2CC(Cc3ccccc3)=C[C@H]2C1.c1ccc(CC2C[C@H]3CNC[C@H]3C2)cc1. The van der Waals surface area contributed by atoms with Gasteiger partial charge in [-0.2, -0.15) is 4.99 Å². The molecule has 10 aliphatic rings. The maximum Gasteiger partial charge on any atom is 0.410 e. The molecule has 5 heterocycles. The van der Waals surface area contributed by atoms with E-state index in [1.165, 1.54) is 96.7 Å². The highest BCUT2D eigenvalue weighted by Gasteiger charge is 2.50. The topological polar surface area (TPSA) is 201 Å². The van der Waals surface area contributed by atoms with Gasteiger partial charge in [-0.25, -0.2) is 24.0 Å². The number of aliphatic hydroxyl groups is 1. The maximum absolute atomic E-state index is 12.6. The van der Waals surface area contributed by atoms with E-state index >= 15 is 0 Å². The lowest BCUT2D eigenvalue weighted by molar-refractivity contribution is 0.0337. The summed E-state index contributed by atoms with van der Waals surface area (Å²) in [7, 11) is 3.19. The second-order valence-corrected chi connectivity index (χ2v) is 36.6. The number of urea groups is 1. The van der Waals surface area contributed by atoms with Crippen LogP contribution in [0.1, 0.15) is 102 Å². The Labute approximate surface area is 755 Å². The molecule has 5 aliphatic heterocycles. The Morgan fingerprint density at radius 2 is 0.828 bits per heavy atom. The van der Waals surface area contributed by atoms with Crippen LogP contribution in [0.15, 0.2) is 313 Å². The number of ether oxygens (including phenoxy) is 5. The van der Waals surface area contributed by atoms with Gasteiger partial charge in [-0.3, -0.25) is 0 Å². The Morgan fingerprint density at radius 1 is 0.430 bits per heavy atom. The van der Waals surface area contributed by atoms with E-state index in [0.29, 0.717) is 98.1 Å². The van der Waals surface area contributed by atoms with Crippen molar-refractivity contribution in [1.82, 2.24) is 24.9 Å². The number of anilines is 1. The molecule has 0 bridgehead atoms. The van der Waals surface area contributed by atoms with Gasteiger partial charge in [0.05, 0.1) is 25.5 Å². The molecule has 5 aliphatic carbocycles. The van der Waals surface area contributed by atoms with E-state index in [1.807, 2.05) is 154 Å². The fourth-order valence-electron chi connectivity index (χ4n) is 21.3. The van der Waals surface area contributed by atoms with Crippen LogP contribution in [0.3, 0.4) is 0 Å². The third-order valence-electron chi connectivity index (χ3n) is 27.3. The van der Waals surface area contributed by atoms with Gasteiger partial charge in [0.2, 0.25) is 6.08 Å². The van der Waals surface area contributed by atoms with E-state index in [2.05, 4.69) is 155 Å². The van der Waals surface area contributed by atoms with E-state index in [1.54, 1.807) is 43.4 Å². The predicted octanol–water partition coefficient (Wildman–Crippen LogP) is 21.4. The summed E-state index contributed by atoms with van der Waals surface area (Å²) < 4.78 is 26.5. The molecule has 664 valence electrons. The van der Waals surface area contributed by atoms with E-state index < -0.39 is 5.60 Å². The molecule has 10 aromatic carbocycles. The number of hydrogen-bond donors (Lipinski definition) is 3. The number of isocyanates is 1. The normalized spacial score (nSPS) is 24.1. The summed E-state index contributed by atoms with van der Waals surface area (Å²) in [6.07, 6.45) is 20.0. The zero-order chi connectivity index (χ0) is 88.2. The van der Waals surface area contributed by atoms with Crippen molar-refractivity contribution in [3.63, 3.8) is 0 Å². The Bertz CT molecular complexity index is 5230. The largest absolute Gasteiger partial charge is 0.497 e. The molecule has 3 N–H and O–H groups in total. The summed E-state index contributed by atoms with van der Waals surface area (Å²) in [6.45, 7) is 9.95. The average Bonchev–Trinajstić information content (AvgIpc) is 1.63. The molecule has 13 atom stereocenters. The summed E-state index contributed by atoms with van der Waals surface area (Å²) in [5.74, 6) is 9.37. The second-order valence-electron chi connectivity index (χ2n) is 36.6. The first kappa shape index (κ1) is 90.4. The van der Waals surface area contributed by atoms with Gasteiger partial charge in [0.1, 0.15) is 31.3 Å². The van der Waals surface area contributed by atoms with Crippen LogP contribution in [-0.4, -0.2) is 140 Å². The van der Waals surface area contributed by atoms with Crippen LogP contribution in [0.25, 0.3) is 6.08 Å². The van der Waals surface area contributed by atoms with Gasteiger partial charge in [0, 0.05) is 76.6 Å². The van der Waals surface area contributed by atoms with Crippen molar-refractivity contribution in [3.8, 4) is 11.5 Å². The fraction of sp³-hybridized carbons (Fsp3) is 0.373. The molecule has 0 spiro atoms.